The summed E-state index contributed by atoms with van der Waals surface area (Å²) in [4.78, 5) is 0. The van der Waals surface area contributed by atoms with Gasteiger partial charge in [0.25, 0.3) is 0 Å². The Morgan fingerprint density at radius 1 is 0.250 bits per heavy atom. The lowest BCUT2D eigenvalue weighted by Gasteiger charge is -2.14. The van der Waals surface area contributed by atoms with Crippen LogP contribution >= 0.6 is 0 Å². The third-order valence-corrected chi connectivity index (χ3v) is 10.2. The number of furan rings is 2. The molecule has 0 aliphatic heterocycles. The van der Waals surface area contributed by atoms with Gasteiger partial charge in [-0.1, -0.05) is 109 Å². The lowest BCUT2D eigenvalue weighted by molar-refractivity contribution is 0.633. The molecular weight excluding hydrogens is 585 g/mol. The first-order chi connectivity index (χ1) is 23.8. The highest BCUT2D eigenvalue weighted by Gasteiger charge is 2.17. The highest BCUT2D eigenvalue weighted by Crippen LogP contribution is 2.42. The first-order valence-electron chi connectivity index (χ1n) is 16.4. The summed E-state index contributed by atoms with van der Waals surface area (Å²) in [6.07, 6.45) is 0. The Kier molecular flexibility index (Phi) is 5.14. The lowest BCUT2D eigenvalue weighted by atomic mass is 9.90. The number of hydrogen-bond acceptors (Lipinski definition) is 2. The van der Waals surface area contributed by atoms with Gasteiger partial charge >= 0.3 is 0 Å². The third-order valence-electron chi connectivity index (χ3n) is 10.2. The molecule has 0 N–H and O–H groups in total. The third kappa shape index (κ3) is 3.63. The van der Waals surface area contributed by atoms with Gasteiger partial charge in [0, 0.05) is 21.5 Å². The second kappa shape index (κ2) is 9.57. The van der Waals surface area contributed by atoms with Gasteiger partial charge in [-0.3, -0.25) is 0 Å². The molecule has 11 rings (SSSR count). The van der Waals surface area contributed by atoms with Crippen molar-refractivity contribution in [3.05, 3.63) is 158 Å². The molecule has 0 saturated carbocycles. The van der Waals surface area contributed by atoms with Crippen LogP contribution in [0.5, 0.6) is 0 Å². The van der Waals surface area contributed by atoms with Crippen molar-refractivity contribution in [3.63, 3.8) is 0 Å². The van der Waals surface area contributed by atoms with Gasteiger partial charge in [0.1, 0.15) is 11.2 Å². The summed E-state index contributed by atoms with van der Waals surface area (Å²) < 4.78 is 12.7. The number of hydrogen-bond donors (Lipinski definition) is 0. The fourth-order valence-corrected chi connectivity index (χ4v) is 7.88. The van der Waals surface area contributed by atoms with Gasteiger partial charge in [-0.25, -0.2) is 0 Å². The first-order valence-corrected chi connectivity index (χ1v) is 16.4. The van der Waals surface area contributed by atoms with Crippen molar-refractivity contribution in [2.24, 2.45) is 0 Å². The van der Waals surface area contributed by atoms with Crippen molar-refractivity contribution >= 4 is 87.0 Å². The van der Waals surface area contributed by atoms with Gasteiger partial charge < -0.3 is 8.83 Å². The molecular formula is C46H26O2. The van der Waals surface area contributed by atoms with Crippen molar-refractivity contribution in [1.82, 2.24) is 0 Å². The summed E-state index contributed by atoms with van der Waals surface area (Å²) in [5.74, 6) is 0. The Bertz CT molecular complexity index is 3100. The minimum atomic E-state index is 0.801. The van der Waals surface area contributed by atoms with Gasteiger partial charge in [-0.05, 0) is 114 Å². The quantitative estimate of drug-likeness (QED) is 0.182. The second-order valence-corrected chi connectivity index (χ2v) is 12.9. The predicted octanol–water partition coefficient (Wildman–Crippen LogP) is 13.4. The number of para-hydroxylation sites is 1. The Balaban J connectivity index is 1.08. The minimum Gasteiger partial charge on any atom is -0.452 e. The molecule has 2 heterocycles. The maximum Gasteiger partial charge on any atom is 0.178 e. The second-order valence-electron chi connectivity index (χ2n) is 12.9. The topological polar surface area (TPSA) is 26.3 Å². The zero-order valence-corrected chi connectivity index (χ0v) is 25.8. The molecule has 0 amide bonds. The molecule has 0 bridgehead atoms. The van der Waals surface area contributed by atoms with Crippen LogP contribution in [0.2, 0.25) is 0 Å². The Hall–Kier alpha value is -6.38. The van der Waals surface area contributed by atoms with Gasteiger partial charge in [0.05, 0.1) is 0 Å². The van der Waals surface area contributed by atoms with Crippen LogP contribution in [0.4, 0.5) is 0 Å². The monoisotopic (exact) mass is 610 g/mol. The SMILES string of the molecule is c1ccc2cc(-c3ccc4c5ccc(-c6ccc7oc8c(ccc9c%10ccccc%10oc98)c7c6)cc5c5ccccc5c4c3)ccc2c1. The molecule has 9 aromatic carbocycles. The summed E-state index contributed by atoms with van der Waals surface area (Å²) >= 11 is 0. The van der Waals surface area contributed by atoms with E-state index in [0.29, 0.717) is 0 Å². The van der Waals surface area contributed by atoms with Gasteiger partial charge in [-0.2, -0.15) is 0 Å². The summed E-state index contributed by atoms with van der Waals surface area (Å²) in [7, 11) is 0. The Morgan fingerprint density at radius 2 is 0.688 bits per heavy atom. The van der Waals surface area contributed by atoms with E-state index in [4.69, 9.17) is 8.83 Å². The molecule has 48 heavy (non-hydrogen) atoms. The van der Waals surface area contributed by atoms with Crippen LogP contribution in [0.1, 0.15) is 0 Å². The van der Waals surface area contributed by atoms with Crippen LogP contribution < -0.4 is 0 Å². The van der Waals surface area contributed by atoms with E-state index in [9.17, 15) is 0 Å². The fourth-order valence-electron chi connectivity index (χ4n) is 7.88. The maximum absolute atomic E-state index is 6.43. The Morgan fingerprint density at radius 3 is 1.38 bits per heavy atom. The summed E-state index contributed by atoms with van der Waals surface area (Å²) in [6, 6.07) is 57.0. The average molecular weight is 611 g/mol. The highest BCUT2D eigenvalue weighted by molar-refractivity contribution is 6.26. The van der Waals surface area contributed by atoms with Crippen molar-refractivity contribution < 1.29 is 8.83 Å². The molecule has 11 aromatic rings. The van der Waals surface area contributed by atoms with Crippen molar-refractivity contribution in [3.8, 4) is 22.3 Å². The van der Waals surface area contributed by atoms with E-state index in [-0.39, 0.29) is 0 Å². The standard InChI is InChI=1S/C46H26O2/c1-2-8-28-23-29(14-13-27(28)7-1)30-15-18-35-36-19-16-31(25-41(36)34-10-4-3-9-33(34)40(35)24-30)32-17-22-44-42(26-32)39-21-20-38-37-11-5-6-12-43(37)47-45(38)46(39)48-44/h1-26H. The van der Waals surface area contributed by atoms with Crippen molar-refractivity contribution in [2.75, 3.05) is 0 Å². The van der Waals surface area contributed by atoms with Crippen LogP contribution in [-0.4, -0.2) is 0 Å². The largest absolute Gasteiger partial charge is 0.452 e. The van der Waals surface area contributed by atoms with E-state index in [2.05, 4.69) is 140 Å². The van der Waals surface area contributed by atoms with Crippen LogP contribution in [-0.2, 0) is 0 Å². The van der Waals surface area contributed by atoms with Crippen molar-refractivity contribution in [2.45, 2.75) is 0 Å². The molecule has 0 fully saturated rings. The fraction of sp³-hybridized carbons (Fsp3) is 0. The summed E-state index contributed by atoms with van der Waals surface area (Å²) in [5, 5.41) is 14.5. The zero-order valence-electron chi connectivity index (χ0n) is 25.8. The van der Waals surface area contributed by atoms with Gasteiger partial charge in [0.15, 0.2) is 11.2 Å². The molecule has 0 saturated heterocycles. The van der Waals surface area contributed by atoms with Crippen LogP contribution in [0.25, 0.3) is 109 Å². The molecule has 0 aliphatic carbocycles. The molecule has 0 unspecified atom stereocenters. The van der Waals surface area contributed by atoms with E-state index in [1.165, 1.54) is 59.8 Å². The molecule has 2 heteroatoms. The molecule has 0 spiro atoms. The molecule has 222 valence electrons. The number of rotatable bonds is 2. The maximum atomic E-state index is 6.43. The van der Waals surface area contributed by atoms with Crippen LogP contribution in [0.3, 0.4) is 0 Å². The summed E-state index contributed by atoms with van der Waals surface area (Å²) in [5.41, 5.74) is 8.15. The molecule has 0 aliphatic rings. The normalized spacial score (nSPS) is 12.2. The smallest absolute Gasteiger partial charge is 0.178 e. The van der Waals surface area contributed by atoms with E-state index < -0.39 is 0 Å². The highest BCUT2D eigenvalue weighted by atomic mass is 16.4. The lowest BCUT2D eigenvalue weighted by Crippen LogP contribution is -1.87. The van der Waals surface area contributed by atoms with Gasteiger partial charge in [0.2, 0.25) is 0 Å². The van der Waals surface area contributed by atoms with E-state index >= 15 is 0 Å². The zero-order chi connectivity index (χ0) is 31.3. The number of fused-ring (bicyclic) bond motifs is 14. The molecule has 0 radical (unpaired) electrons. The summed E-state index contributed by atoms with van der Waals surface area (Å²) in [6.45, 7) is 0. The predicted molar refractivity (Wildman–Crippen MR) is 202 cm³/mol. The molecule has 2 nitrogen and oxygen atoms in total. The Labute approximate surface area is 275 Å². The van der Waals surface area contributed by atoms with E-state index in [0.717, 1.165) is 49.4 Å². The number of benzene rings is 9. The molecule has 0 atom stereocenters. The van der Waals surface area contributed by atoms with Gasteiger partial charge in [-0.15, -0.1) is 0 Å². The first kappa shape index (κ1) is 25.8. The van der Waals surface area contributed by atoms with Crippen molar-refractivity contribution in [1.29, 1.82) is 0 Å². The minimum absolute atomic E-state index is 0.801. The van der Waals surface area contributed by atoms with Crippen LogP contribution in [0.15, 0.2) is 167 Å². The molecule has 2 aromatic heterocycles. The average Bonchev–Trinajstić information content (AvgIpc) is 3.73. The van der Waals surface area contributed by atoms with E-state index in [1.54, 1.807) is 0 Å². The van der Waals surface area contributed by atoms with Crippen LogP contribution in [0, 0.1) is 0 Å². The van der Waals surface area contributed by atoms with E-state index in [1.807, 2.05) is 18.2 Å².